The molecule has 1 fully saturated rings. The number of nitrogens with zero attached hydrogens (tertiary/aromatic N) is 3. The summed E-state index contributed by atoms with van der Waals surface area (Å²) in [5.74, 6) is 2.83. The number of carbonyl (C=O) groups excluding carboxylic acids is 1. The third kappa shape index (κ3) is 4.07. The molecule has 2 aromatic heterocycles. The van der Waals surface area contributed by atoms with E-state index in [4.69, 9.17) is 19.2 Å². The number of rotatable bonds is 4. The van der Waals surface area contributed by atoms with Crippen LogP contribution < -0.4 is 19.9 Å². The van der Waals surface area contributed by atoms with Crippen molar-refractivity contribution < 1.29 is 24.1 Å². The van der Waals surface area contributed by atoms with Crippen LogP contribution in [-0.2, 0) is 28.3 Å². The molecule has 1 saturated heterocycles. The number of hydrogen-bond donors (Lipinski definition) is 1. The topological polar surface area (TPSA) is 103 Å². The van der Waals surface area contributed by atoms with Crippen LogP contribution in [0, 0.1) is 0 Å². The van der Waals surface area contributed by atoms with Gasteiger partial charge in [0.1, 0.15) is 6.61 Å². The maximum Gasteiger partial charge on any atom is 0.343 e. The van der Waals surface area contributed by atoms with Gasteiger partial charge in [-0.1, -0.05) is 31.2 Å². The van der Waals surface area contributed by atoms with Gasteiger partial charge in [0, 0.05) is 52.9 Å². The molecule has 4 aromatic rings. The molecule has 0 radical (unpaired) electrons. The zero-order valence-electron chi connectivity index (χ0n) is 23.6. The number of benzene rings is 2. The van der Waals surface area contributed by atoms with Crippen molar-refractivity contribution in [3.63, 3.8) is 0 Å². The monoisotopic (exact) mass is 595 g/mol. The predicted molar refractivity (Wildman–Crippen MR) is 166 cm³/mol. The van der Waals surface area contributed by atoms with Crippen molar-refractivity contribution in [1.82, 2.24) is 9.55 Å². The second-order valence-electron chi connectivity index (χ2n) is 11.2. The molecule has 10 heteroatoms. The summed E-state index contributed by atoms with van der Waals surface area (Å²) < 4.78 is 18.2. The number of thioether (sulfide) groups is 1. The van der Waals surface area contributed by atoms with E-state index in [1.165, 1.54) is 5.69 Å². The van der Waals surface area contributed by atoms with Gasteiger partial charge in [-0.25, -0.2) is 9.78 Å². The number of fused-ring (bicyclic) bond motifs is 6. The molecule has 1 atom stereocenters. The summed E-state index contributed by atoms with van der Waals surface area (Å²) in [6, 6.07) is 14.1. The van der Waals surface area contributed by atoms with E-state index in [0.29, 0.717) is 46.1 Å². The Kier molecular flexibility index (Phi) is 6.06. The van der Waals surface area contributed by atoms with Crippen molar-refractivity contribution in [1.29, 1.82) is 0 Å². The first kappa shape index (κ1) is 26.4. The molecule has 8 rings (SSSR count). The number of aromatic nitrogens is 2. The van der Waals surface area contributed by atoms with E-state index in [-0.39, 0.29) is 25.4 Å². The first-order valence-corrected chi connectivity index (χ1v) is 15.6. The standard InChI is InChI=1S/C33H29N3O6S/c1-2-33(39)25-14-27-30-23(16-36(27)31(37)24(25)17-40-32(33)38)21(22-13-28-29(42-18-41-28)15-26(22)34-30)8-5-19-3-6-20(7-4-19)35-9-11-43-12-10-35/h3-8,13-15,39H,2,9-12,16-18H2,1H3/b8-5+/t33-/m0/s1. The Morgan fingerprint density at radius 2 is 1.77 bits per heavy atom. The Balaban J connectivity index is 1.27. The Morgan fingerprint density at radius 3 is 2.53 bits per heavy atom. The summed E-state index contributed by atoms with van der Waals surface area (Å²) in [7, 11) is 0. The van der Waals surface area contributed by atoms with Crippen molar-refractivity contribution in [2.24, 2.45) is 0 Å². The highest BCUT2D eigenvalue weighted by molar-refractivity contribution is 7.99. The zero-order chi connectivity index (χ0) is 29.3. The number of ether oxygens (including phenoxy) is 3. The van der Waals surface area contributed by atoms with Crippen LogP contribution in [0.1, 0.15) is 41.2 Å². The van der Waals surface area contributed by atoms with Gasteiger partial charge in [0.05, 0.1) is 29.0 Å². The molecule has 0 spiro atoms. The normalized spacial score (nSPS) is 20.3. The average molecular weight is 596 g/mol. The van der Waals surface area contributed by atoms with Crippen molar-refractivity contribution in [3.05, 3.63) is 80.6 Å². The highest BCUT2D eigenvalue weighted by Crippen LogP contribution is 2.43. The molecule has 0 unspecified atom stereocenters. The van der Waals surface area contributed by atoms with E-state index in [2.05, 4.69) is 41.3 Å². The van der Waals surface area contributed by atoms with Crippen molar-refractivity contribution >= 4 is 46.5 Å². The van der Waals surface area contributed by atoms with Gasteiger partial charge in [-0.05, 0) is 41.8 Å². The average Bonchev–Trinajstić information content (AvgIpc) is 3.65. The third-order valence-corrected chi connectivity index (χ3v) is 9.88. The van der Waals surface area contributed by atoms with Crippen LogP contribution in [0.15, 0.2) is 47.3 Å². The molecule has 4 aliphatic heterocycles. The molecule has 6 heterocycles. The van der Waals surface area contributed by atoms with E-state index in [1.54, 1.807) is 17.6 Å². The van der Waals surface area contributed by atoms with Gasteiger partial charge in [-0.2, -0.15) is 11.8 Å². The molecule has 0 amide bonds. The van der Waals surface area contributed by atoms with Crippen LogP contribution in [0.2, 0.25) is 0 Å². The van der Waals surface area contributed by atoms with Gasteiger partial charge in [0.25, 0.3) is 5.56 Å². The number of carbonyl (C=O) groups is 1. The fourth-order valence-corrected chi connectivity index (χ4v) is 7.39. The minimum Gasteiger partial charge on any atom is -0.458 e. The van der Waals surface area contributed by atoms with Gasteiger partial charge in [-0.3, -0.25) is 4.79 Å². The molecule has 4 aliphatic rings. The Morgan fingerprint density at radius 1 is 1.00 bits per heavy atom. The van der Waals surface area contributed by atoms with E-state index in [9.17, 15) is 14.7 Å². The number of aliphatic hydroxyl groups is 1. The largest absolute Gasteiger partial charge is 0.458 e. The van der Waals surface area contributed by atoms with E-state index < -0.39 is 11.6 Å². The van der Waals surface area contributed by atoms with Crippen molar-refractivity contribution in [2.75, 3.05) is 36.3 Å². The number of hydrogen-bond acceptors (Lipinski definition) is 9. The third-order valence-electron chi connectivity index (χ3n) is 8.94. The summed E-state index contributed by atoms with van der Waals surface area (Å²) in [6.07, 6.45) is 4.24. The second-order valence-corrected chi connectivity index (χ2v) is 12.4. The maximum atomic E-state index is 13.8. The molecule has 0 bridgehead atoms. The zero-order valence-corrected chi connectivity index (χ0v) is 24.4. The lowest BCUT2D eigenvalue weighted by Crippen LogP contribution is -2.44. The fraction of sp³-hybridized carbons (Fsp3) is 0.303. The molecule has 0 aliphatic carbocycles. The maximum absolute atomic E-state index is 13.8. The van der Waals surface area contributed by atoms with E-state index in [1.807, 2.05) is 23.9 Å². The quantitative estimate of drug-likeness (QED) is 0.300. The first-order chi connectivity index (χ1) is 20.9. The summed E-state index contributed by atoms with van der Waals surface area (Å²) in [5.41, 5.74) is 4.44. The molecule has 0 saturated carbocycles. The van der Waals surface area contributed by atoms with Gasteiger partial charge in [0.2, 0.25) is 6.79 Å². The van der Waals surface area contributed by atoms with Gasteiger partial charge in [0.15, 0.2) is 17.1 Å². The summed E-state index contributed by atoms with van der Waals surface area (Å²) in [4.78, 5) is 33.8. The molecule has 218 valence electrons. The van der Waals surface area contributed by atoms with Crippen molar-refractivity contribution in [3.8, 4) is 22.9 Å². The highest BCUT2D eigenvalue weighted by Gasteiger charge is 2.45. The fourth-order valence-electron chi connectivity index (χ4n) is 6.49. The molecule has 1 N–H and O–H groups in total. The molecular formula is C33H29N3O6S. The molecule has 43 heavy (non-hydrogen) atoms. The van der Waals surface area contributed by atoms with Crippen LogP contribution in [0.3, 0.4) is 0 Å². The minimum atomic E-state index is -1.88. The lowest BCUT2D eigenvalue weighted by atomic mass is 9.86. The van der Waals surface area contributed by atoms with Gasteiger partial charge >= 0.3 is 5.97 Å². The van der Waals surface area contributed by atoms with Crippen LogP contribution >= 0.6 is 11.8 Å². The van der Waals surface area contributed by atoms with Crippen LogP contribution in [-0.4, -0.2) is 52.0 Å². The second kappa shape index (κ2) is 9.89. The van der Waals surface area contributed by atoms with Crippen molar-refractivity contribution in [2.45, 2.75) is 32.1 Å². The lowest BCUT2D eigenvalue weighted by molar-refractivity contribution is -0.172. The summed E-state index contributed by atoms with van der Waals surface area (Å²) >= 11 is 2.00. The summed E-state index contributed by atoms with van der Waals surface area (Å²) in [6.45, 7) is 4.11. The smallest absolute Gasteiger partial charge is 0.343 e. The number of cyclic esters (lactones) is 1. The van der Waals surface area contributed by atoms with Crippen LogP contribution in [0.4, 0.5) is 5.69 Å². The van der Waals surface area contributed by atoms with E-state index in [0.717, 1.165) is 46.7 Å². The van der Waals surface area contributed by atoms with E-state index >= 15 is 0 Å². The first-order valence-electron chi connectivity index (χ1n) is 14.5. The van der Waals surface area contributed by atoms with Gasteiger partial charge in [-0.15, -0.1) is 0 Å². The molecule has 2 aromatic carbocycles. The number of anilines is 1. The summed E-state index contributed by atoms with van der Waals surface area (Å²) in [5, 5.41) is 12.1. The van der Waals surface area contributed by atoms with Crippen LogP contribution in [0.5, 0.6) is 11.5 Å². The Labute approximate surface area is 251 Å². The van der Waals surface area contributed by atoms with Crippen LogP contribution in [0.25, 0.3) is 34.4 Å². The Bertz CT molecular complexity index is 1910. The molecule has 9 nitrogen and oxygen atoms in total. The predicted octanol–water partition coefficient (Wildman–Crippen LogP) is 4.53. The minimum absolute atomic E-state index is 0.0900. The Hall–Kier alpha value is -4.28. The molecular weight excluding hydrogens is 566 g/mol. The lowest BCUT2D eigenvalue weighted by Gasteiger charge is -2.31. The highest BCUT2D eigenvalue weighted by atomic mass is 32.2. The number of pyridine rings is 2. The number of esters is 1. The SMILES string of the molecule is CC[C@@]1(O)C(=O)OCc2c1cc1n(c2=O)Cc2c-1nc1cc3c(cc1c2/C=C/c1ccc(N2CCSCC2)cc1)OCO3. The van der Waals surface area contributed by atoms with Gasteiger partial charge < -0.3 is 28.8 Å².